The second-order valence-electron chi connectivity index (χ2n) is 17.0. The van der Waals surface area contributed by atoms with Gasteiger partial charge in [-0.3, -0.25) is 0 Å². The molecular weight excluding hydrogens is 502 g/mol. The molecule has 1 spiro atoms. The number of fused-ring (bicyclic) bond motifs is 2. The van der Waals surface area contributed by atoms with Gasteiger partial charge in [0.2, 0.25) is 0 Å². The molecule has 2 bridgehead atoms. The van der Waals surface area contributed by atoms with Crippen molar-refractivity contribution in [3.05, 3.63) is 11.1 Å². The minimum absolute atomic E-state index is 0.0235. The van der Waals surface area contributed by atoms with Crippen molar-refractivity contribution in [2.45, 2.75) is 186 Å². The van der Waals surface area contributed by atoms with Crippen LogP contribution in [0.1, 0.15) is 176 Å². The maximum atomic E-state index is 7.98. The van der Waals surface area contributed by atoms with E-state index in [1.54, 1.807) is 5.57 Å². The zero-order valence-corrected chi connectivity index (χ0v) is 28.2. The van der Waals surface area contributed by atoms with Gasteiger partial charge in [-0.1, -0.05) is 129 Å². The highest BCUT2D eigenvalue weighted by molar-refractivity contribution is 7.82. The highest BCUT2D eigenvalue weighted by Crippen LogP contribution is 3.07. The van der Waals surface area contributed by atoms with Crippen LogP contribution in [0.4, 0.5) is 0 Å². The minimum Gasteiger partial charge on any atom is -0.324 e. The van der Waals surface area contributed by atoms with Crippen molar-refractivity contribution in [3.63, 3.8) is 0 Å². The highest BCUT2D eigenvalue weighted by atomic mass is 32.1. The Morgan fingerprint density at radius 2 is 1.25 bits per heavy atom. The molecular formula is C38H65NS. The monoisotopic (exact) mass is 567 g/mol. The van der Waals surface area contributed by atoms with Gasteiger partial charge in [-0.05, 0) is 86.9 Å². The van der Waals surface area contributed by atoms with Crippen molar-refractivity contribution in [3.8, 4) is 0 Å². The molecule has 0 saturated heterocycles. The maximum absolute atomic E-state index is 7.98. The van der Waals surface area contributed by atoms with E-state index in [4.69, 9.17) is 18.4 Å². The molecule has 0 radical (unpaired) electrons. The predicted molar refractivity (Wildman–Crippen MR) is 176 cm³/mol. The molecule has 2 N–H and O–H groups in total. The third-order valence-electron chi connectivity index (χ3n) is 15.6. The molecule has 0 aromatic heterocycles. The van der Waals surface area contributed by atoms with Gasteiger partial charge in [0.15, 0.2) is 0 Å². The lowest BCUT2D eigenvalue weighted by Gasteiger charge is -2.90. The van der Waals surface area contributed by atoms with E-state index in [1.807, 2.05) is 5.57 Å². The summed E-state index contributed by atoms with van der Waals surface area (Å²) in [5, 5.41) is 0. The van der Waals surface area contributed by atoms with E-state index in [0.717, 1.165) is 11.8 Å². The molecule has 9 atom stereocenters. The number of hydrogen-bond acceptors (Lipinski definition) is 2. The number of hydrogen-bond donors (Lipinski definition) is 2. The summed E-state index contributed by atoms with van der Waals surface area (Å²) in [6.45, 7) is 13.0. The van der Waals surface area contributed by atoms with Gasteiger partial charge in [0.05, 0.1) is 0 Å². The SMILES string of the molecule is CC1=C2CCCCC(C)CCCCCCCCCC34CC35C(N)(C1)C1(C)C2CCCCCC(C)CCC4(S)C15C. The van der Waals surface area contributed by atoms with Crippen LogP contribution in [0.5, 0.6) is 0 Å². The first-order chi connectivity index (χ1) is 19.1. The fourth-order valence-corrected chi connectivity index (χ4v) is 14.4. The zero-order valence-electron chi connectivity index (χ0n) is 27.3. The predicted octanol–water partition coefficient (Wildman–Crippen LogP) is 11.2. The zero-order chi connectivity index (χ0) is 28.4. The summed E-state index contributed by atoms with van der Waals surface area (Å²) in [5.74, 6) is 2.42. The molecule has 4 fully saturated rings. The summed E-state index contributed by atoms with van der Waals surface area (Å²) >= 11 is 5.98. The van der Waals surface area contributed by atoms with E-state index in [2.05, 4.69) is 34.6 Å². The van der Waals surface area contributed by atoms with Gasteiger partial charge < -0.3 is 5.73 Å². The topological polar surface area (TPSA) is 26.0 Å². The highest BCUT2D eigenvalue weighted by Gasteiger charge is 3.08. The third kappa shape index (κ3) is 3.62. The second-order valence-corrected chi connectivity index (χ2v) is 17.8. The van der Waals surface area contributed by atoms with Gasteiger partial charge in [-0.15, -0.1) is 0 Å². The standard InChI is InChI=1S/C38H65NS/c1-28-18-12-9-7-6-8-10-17-24-35-27-36(35)34(5)33(4)32(22-14-11-13-19-29(2)23-25-38(34,35)40)31(21-16-15-20-28)30(3)26-37(33,36)39/h28-29,32,40H,6-27,39H2,1-5H3. The quantitative estimate of drug-likeness (QED) is 0.221. The summed E-state index contributed by atoms with van der Waals surface area (Å²) in [7, 11) is 0. The Morgan fingerprint density at radius 3 is 1.95 bits per heavy atom. The van der Waals surface area contributed by atoms with Crippen LogP contribution in [0.15, 0.2) is 11.1 Å². The summed E-state index contributed by atoms with van der Waals surface area (Å²) < 4.78 is 0.163. The van der Waals surface area contributed by atoms with Crippen LogP contribution in [0.2, 0.25) is 0 Å². The van der Waals surface area contributed by atoms with Crippen LogP contribution < -0.4 is 5.73 Å². The van der Waals surface area contributed by atoms with Crippen molar-refractivity contribution in [2.24, 2.45) is 45.1 Å². The lowest BCUT2D eigenvalue weighted by atomic mass is 9.17. The van der Waals surface area contributed by atoms with Gasteiger partial charge in [-0.25, -0.2) is 0 Å². The van der Waals surface area contributed by atoms with Crippen molar-refractivity contribution in [2.75, 3.05) is 0 Å². The van der Waals surface area contributed by atoms with Gasteiger partial charge in [0.1, 0.15) is 0 Å². The van der Waals surface area contributed by atoms with Gasteiger partial charge >= 0.3 is 0 Å². The van der Waals surface area contributed by atoms with E-state index in [-0.39, 0.29) is 21.1 Å². The molecule has 228 valence electrons. The molecule has 0 aromatic carbocycles. The Hall–Kier alpha value is 0.0500. The van der Waals surface area contributed by atoms with Crippen LogP contribution in [-0.2, 0) is 0 Å². The molecule has 6 aliphatic rings. The Balaban J connectivity index is 1.38. The van der Waals surface area contributed by atoms with Gasteiger partial charge in [0, 0.05) is 21.1 Å². The molecule has 0 amide bonds. The normalized spacial score (nSPS) is 52.4. The smallest absolute Gasteiger partial charge is 0.0327 e. The molecule has 0 aliphatic heterocycles. The van der Waals surface area contributed by atoms with Gasteiger partial charge in [-0.2, -0.15) is 12.6 Å². The largest absolute Gasteiger partial charge is 0.324 e. The molecule has 2 heteroatoms. The Morgan fingerprint density at radius 1 is 0.700 bits per heavy atom. The van der Waals surface area contributed by atoms with Crippen LogP contribution in [0.3, 0.4) is 0 Å². The summed E-state index contributed by atoms with van der Waals surface area (Å²) in [6.07, 6.45) is 30.7. The van der Waals surface area contributed by atoms with Crippen LogP contribution in [0, 0.1) is 39.4 Å². The fourth-order valence-electron chi connectivity index (χ4n) is 13.5. The third-order valence-corrected chi connectivity index (χ3v) is 16.6. The van der Waals surface area contributed by atoms with Crippen molar-refractivity contribution >= 4 is 12.6 Å². The summed E-state index contributed by atoms with van der Waals surface area (Å²) in [5.41, 5.74) is 12.7. The van der Waals surface area contributed by atoms with Gasteiger partial charge in [0.25, 0.3) is 0 Å². The lowest BCUT2D eigenvalue weighted by molar-refractivity contribution is -0.352. The molecule has 9 unspecified atom stereocenters. The molecule has 0 heterocycles. The maximum Gasteiger partial charge on any atom is 0.0327 e. The second kappa shape index (κ2) is 10.6. The van der Waals surface area contributed by atoms with Crippen molar-refractivity contribution in [1.82, 2.24) is 0 Å². The Labute approximate surface area is 254 Å². The first-order valence-corrected chi connectivity index (χ1v) is 18.7. The lowest BCUT2D eigenvalue weighted by Crippen LogP contribution is -2.95. The Kier molecular flexibility index (Phi) is 7.97. The average molecular weight is 568 g/mol. The van der Waals surface area contributed by atoms with Crippen molar-refractivity contribution in [1.29, 1.82) is 0 Å². The molecule has 6 rings (SSSR count). The number of nitrogens with two attached hydrogens (primary N) is 1. The first-order valence-electron chi connectivity index (χ1n) is 18.3. The molecule has 1 nitrogen and oxygen atoms in total. The molecule has 40 heavy (non-hydrogen) atoms. The van der Waals surface area contributed by atoms with Crippen LogP contribution in [-0.4, -0.2) is 10.3 Å². The molecule has 6 aliphatic carbocycles. The average Bonchev–Trinajstić information content (AvgIpc) is 3.61. The minimum atomic E-state index is -0.0235. The van der Waals surface area contributed by atoms with Crippen LogP contribution in [0.25, 0.3) is 0 Å². The van der Waals surface area contributed by atoms with E-state index in [9.17, 15) is 0 Å². The van der Waals surface area contributed by atoms with Crippen molar-refractivity contribution < 1.29 is 0 Å². The van der Waals surface area contributed by atoms with E-state index < -0.39 is 0 Å². The van der Waals surface area contributed by atoms with Crippen LogP contribution >= 0.6 is 12.6 Å². The van der Waals surface area contributed by atoms with E-state index in [0.29, 0.717) is 16.7 Å². The molecule has 4 saturated carbocycles. The number of thiol groups is 1. The number of allylic oxidation sites excluding steroid dienone is 1. The first kappa shape index (κ1) is 30.1. The number of rotatable bonds is 0. The van der Waals surface area contributed by atoms with E-state index in [1.165, 1.54) is 141 Å². The fraction of sp³-hybridized carbons (Fsp3) is 0.947. The molecule has 0 aromatic rings. The Bertz CT molecular complexity index is 986. The van der Waals surface area contributed by atoms with E-state index >= 15 is 0 Å². The summed E-state index contributed by atoms with van der Waals surface area (Å²) in [4.78, 5) is 0. The summed E-state index contributed by atoms with van der Waals surface area (Å²) in [6, 6.07) is 0.